The molecule has 0 spiro atoms. The Labute approximate surface area is 85.5 Å². The third-order valence-electron chi connectivity index (χ3n) is 1.58. The van der Waals surface area contributed by atoms with E-state index in [4.69, 9.17) is 11.0 Å². The molecule has 0 fully saturated rings. The van der Waals surface area contributed by atoms with Crippen LogP contribution in [0.2, 0.25) is 0 Å². The van der Waals surface area contributed by atoms with Crippen molar-refractivity contribution in [3.8, 4) is 6.07 Å². The first-order valence-corrected chi connectivity index (χ1v) is 4.73. The zero-order valence-corrected chi connectivity index (χ0v) is 8.71. The number of hydrogen-bond donors (Lipinski definition) is 1. The van der Waals surface area contributed by atoms with Crippen molar-refractivity contribution in [2.45, 2.75) is 12.8 Å². The van der Waals surface area contributed by atoms with Gasteiger partial charge in [0.15, 0.2) is 0 Å². The molecule has 1 aromatic carbocycles. The monoisotopic (exact) mass is 272 g/mol. The molecule has 2 nitrogen and oxygen atoms in total. The summed E-state index contributed by atoms with van der Waals surface area (Å²) in [6, 6.07) is 7.90. The summed E-state index contributed by atoms with van der Waals surface area (Å²) in [6.45, 7) is 0. The molecule has 0 radical (unpaired) electrons. The summed E-state index contributed by atoms with van der Waals surface area (Å²) in [5.41, 5.74) is 7.54. The van der Waals surface area contributed by atoms with Crippen LogP contribution in [0.3, 0.4) is 0 Å². The van der Waals surface area contributed by atoms with E-state index in [1.807, 2.05) is 18.2 Å². The first-order chi connectivity index (χ1) is 5.74. The number of nitrogens with two attached hydrogens (primary N) is 1. The molecule has 2 N–H and O–H groups in total. The van der Waals surface area contributed by atoms with Crippen LogP contribution in [0.25, 0.3) is 0 Å². The van der Waals surface area contributed by atoms with Gasteiger partial charge in [-0.1, -0.05) is 0 Å². The van der Waals surface area contributed by atoms with Crippen LogP contribution in [0, 0.1) is 14.9 Å². The quantitative estimate of drug-likeness (QED) is 0.663. The molecule has 0 aliphatic heterocycles. The average Bonchev–Trinajstić information content (AvgIpc) is 2.07. The molecule has 62 valence electrons. The van der Waals surface area contributed by atoms with Gasteiger partial charge in [0.25, 0.3) is 0 Å². The Morgan fingerprint density at radius 1 is 1.50 bits per heavy atom. The fourth-order valence-electron chi connectivity index (χ4n) is 0.977. The van der Waals surface area contributed by atoms with E-state index in [1.165, 1.54) is 3.57 Å². The molecule has 1 rings (SSSR count). The van der Waals surface area contributed by atoms with Crippen molar-refractivity contribution in [3.63, 3.8) is 0 Å². The Kier molecular flexibility index (Phi) is 3.35. The minimum absolute atomic E-state index is 0.555. The van der Waals surface area contributed by atoms with Crippen LogP contribution in [-0.2, 0) is 6.42 Å². The lowest BCUT2D eigenvalue weighted by Gasteiger charge is -2.02. The highest BCUT2D eigenvalue weighted by Gasteiger charge is 1.98. The maximum absolute atomic E-state index is 8.40. The summed E-state index contributed by atoms with van der Waals surface area (Å²) in [6.07, 6.45) is 1.35. The second-order valence-electron chi connectivity index (χ2n) is 2.51. The minimum atomic E-state index is 0.555. The van der Waals surface area contributed by atoms with Crippen LogP contribution in [0.5, 0.6) is 0 Å². The van der Waals surface area contributed by atoms with Crippen LogP contribution in [-0.4, -0.2) is 0 Å². The van der Waals surface area contributed by atoms with Gasteiger partial charge >= 0.3 is 0 Å². The molecule has 12 heavy (non-hydrogen) atoms. The molecule has 0 aliphatic carbocycles. The molecular formula is C9H9IN2. The fourth-order valence-corrected chi connectivity index (χ4v) is 1.58. The third kappa shape index (κ3) is 2.38. The highest BCUT2D eigenvalue weighted by Crippen LogP contribution is 2.16. The van der Waals surface area contributed by atoms with Gasteiger partial charge in [-0.2, -0.15) is 5.26 Å². The lowest BCUT2D eigenvalue weighted by atomic mass is 10.1. The number of anilines is 1. The number of halogens is 1. The van der Waals surface area contributed by atoms with E-state index in [0.29, 0.717) is 6.42 Å². The van der Waals surface area contributed by atoms with E-state index in [1.54, 1.807) is 0 Å². The van der Waals surface area contributed by atoms with Crippen molar-refractivity contribution in [2.75, 3.05) is 5.73 Å². The minimum Gasteiger partial charge on any atom is -0.399 e. The van der Waals surface area contributed by atoms with Gasteiger partial charge in [-0.05, 0) is 52.8 Å². The SMILES string of the molecule is N#CCCc1cc(N)ccc1I. The first kappa shape index (κ1) is 9.33. The molecule has 0 amide bonds. The first-order valence-electron chi connectivity index (χ1n) is 3.65. The van der Waals surface area contributed by atoms with Crippen molar-refractivity contribution in [1.82, 2.24) is 0 Å². The smallest absolute Gasteiger partial charge is 0.0625 e. The topological polar surface area (TPSA) is 49.8 Å². The van der Waals surface area contributed by atoms with E-state index >= 15 is 0 Å². The van der Waals surface area contributed by atoms with Crippen LogP contribution < -0.4 is 5.73 Å². The van der Waals surface area contributed by atoms with Crippen molar-refractivity contribution in [1.29, 1.82) is 5.26 Å². The largest absolute Gasteiger partial charge is 0.399 e. The molecule has 0 unspecified atom stereocenters. The van der Waals surface area contributed by atoms with E-state index in [9.17, 15) is 0 Å². The summed E-state index contributed by atoms with van der Waals surface area (Å²) in [5, 5.41) is 8.40. The standard InChI is InChI=1S/C9H9IN2/c10-9-4-3-8(12)6-7(9)2-1-5-11/h3-4,6H,1-2,12H2. The van der Waals surface area contributed by atoms with Crippen molar-refractivity contribution in [3.05, 3.63) is 27.3 Å². The van der Waals surface area contributed by atoms with Gasteiger partial charge in [0.2, 0.25) is 0 Å². The number of hydrogen-bond acceptors (Lipinski definition) is 2. The molecule has 0 heterocycles. The highest BCUT2D eigenvalue weighted by molar-refractivity contribution is 14.1. The van der Waals surface area contributed by atoms with E-state index < -0.39 is 0 Å². The summed E-state index contributed by atoms with van der Waals surface area (Å²) >= 11 is 2.25. The van der Waals surface area contributed by atoms with Crippen LogP contribution in [0.4, 0.5) is 5.69 Å². The Morgan fingerprint density at radius 2 is 2.25 bits per heavy atom. The van der Waals surface area contributed by atoms with Gasteiger partial charge in [-0.15, -0.1) is 0 Å². The van der Waals surface area contributed by atoms with Gasteiger partial charge in [0.05, 0.1) is 6.07 Å². The number of nitriles is 1. The molecule has 0 aliphatic rings. The van der Waals surface area contributed by atoms with Gasteiger partial charge in [-0.3, -0.25) is 0 Å². The van der Waals surface area contributed by atoms with Crippen LogP contribution in [0.1, 0.15) is 12.0 Å². The third-order valence-corrected chi connectivity index (χ3v) is 2.63. The zero-order chi connectivity index (χ0) is 8.97. The Morgan fingerprint density at radius 3 is 2.92 bits per heavy atom. The summed E-state index contributed by atoms with van der Waals surface area (Å²) in [7, 11) is 0. The van der Waals surface area contributed by atoms with Crippen molar-refractivity contribution >= 4 is 28.3 Å². The maximum atomic E-state index is 8.40. The lowest BCUT2D eigenvalue weighted by Crippen LogP contribution is -1.92. The number of benzene rings is 1. The van der Waals surface area contributed by atoms with Gasteiger partial charge in [0, 0.05) is 15.7 Å². The van der Waals surface area contributed by atoms with E-state index in [2.05, 4.69) is 28.7 Å². The molecule has 3 heteroatoms. The van der Waals surface area contributed by atoms with Crippen LogP contribution in [0.15, 0.2) is 18.2 Å². The number of nitrogen functional groups attached to an aromatic ring is 1. The van der Waals surface area contributed by atoms with Gasteiger partial charge in [0.1, 0.15) is 0 Å². The second-order valence-corrected chi connectivity index (χ2v) is 3.67. The Hall–Kier alpha value is -0.760. The summed E-state index contributed by atoms with van der Waals surface area (Å²) in [5.74, 6) is 0. The molecule has 0 bridgehead atoms. The van der Waals surface area contributed by atoms with Crippen molar-refractivity contribution < 1.29 is 0 Å². The number of nitrogens with zero attached hydrogens (tertiary/aromatic N) is 1. The molecule has 0 saturated carbocycles. The van der Waals surface area contributed by atoms with Gasteiger partial charge < -0.3 is 5.73 Å². The lowest BCUT2D eigenvalue weighted by molar-refractivity contribution is 1.00. The molecule has 0 aromatic heterocycles. The molecular weight excluding hydrogens is 263 g/mol. The van der Waals surface area contributed by atoms with E-state index in [0.717, 1.165) is 17.7 Å². The zero-order valence-electron chi connectivity index (χ0n) is 6.55. The molecule has 0 atom stereocenters. The maximum Gasteiger partial charge on any atom is 0.0625 e. The molecule has 1 aromatic rings. The van der Waals surface area contributed by atoms with Gasteiger partial charge in [-0.25, -0.2) is 0 Å². The van der Waals surface area contributed by atoms with Crippen LogP contribution >= 0.6 is 22.6 Å². The average molecular weight is 272 g/mol. The fraction of sp³-hybridized carbons (Fsp3) is 0.222. The summed E-state index contributed by atoms with van der Waals surface area (Å²) in [4.78, 5) is 0. The Bertz CT molecular complexity index is 315. The Balaban J connectivity index is 2.84. The van der Waals surface area contributed by atoms with E-state index in [-0.39, 0.29) is 0 Å². The number of aryl methyl sites for hydroxylation is 1. The predicted octanol–water partition coefficient (Wildman–Crippen LogP) is 2.33. The predicted molar refractivity (Wildman–Crippen MR) is 57.5 cm³/mol. The van der Waals surface area contributed by atoms with Crippen molar-refractivity contribution in [2.24, 2.45) is 0 Å². The molecule has 0 saturated heterocycles. The normalized spacial score (nSPS) is 9.33. The second kappa shape index (κ2) is 4.31. The summed E-state index contributed by atoms with van der Waals surface area (Å²) < 4.78 is 1.18. The highest BCUT2D eigenvalue weighted by atomic mass is 127. The number of rotatable bonds is 2.